The zero-order chi connectivity index (χ0) is 17.4. The smallest absolute Gasteiger partial charge is 0.229 e. The molecule has 4 rings (SSSR count). The van der Waals surface area contributed by atoms with Crippen molar-refractivity contribution in [3.05, 3.63) is 47.6 Å². The highest BCUT2D eigenvalue weighted by Gasteiger charge is 2.46. The van der Waals surface area contributed by atoms with Crippen molar-refractivity contribution in [2.45, 2.75) is 50.9 Å². The highest BCUT2D eigenvalue weighted by Crippen LogP contribution is 2.48. The Bertz CT molecular complexity index is 732. The standard InChI is InChI=1S/C20H25N3O2/c1-13(2)18-21-19(25-22-18)15-8-10-23(11-9-15)20(24)17-12-16(17)14-6-4-3-5-7-14/h3-7,13,15-17H,8-12H2,1-2H3/t16-,17+/m1/s1. The van der Waals surface area contributed by atoms with Gasteiger partial charge in [-0.25, -0.2) is 0 Å². The van der Waals surface area contributed by atoms with E-state index in [-0.39, 0.29) is 17.8 Å². The van der Waals surface area contributed by atoms with Gasteiger partial charge in [0.05, 0.1) is 0 Å². The number of hydrogen-bond acceptors (Lipinski definition) is 4. The van der Waals surface area contributed by atoms with Gasteiger partial charge in [0.15, 0.2) is 5.82 Å². The fourth-order valence-electron chi connectivity index (χ4n) is 3.77. The largest absolute Gasteiger partial charge is 0.342 e. The first-order valence-electron chi connectivity index (χ1n) is 9.30. The summed E-state index contributed by atoms with van der Waals surface area (Å²) in [5, 5.41) is 4.06. The fourth-order valence-corrected chi connectivity index (χ4v) is 3.77. The summed E-state index contributed by atoms with van der Waals surface area (Å²) >= 11 is 0. The Morgan fingerprint density at radius 1 is 1.20 bits per heavy atom. The number of piperidine rings is 1. The number of amides is 1. The van der Waals surface area contributed by atoms with E-state index in [1.54, 1.807) is 0 Å². The lowest BCUT2D eigenvalue weighted by molar-refractivity contribution is -0.133. The van der Waals surface area contributed by atoms with Gasteiger partial charge in [0, 0.05) is 30.8 Å². The fraction of sp³-hybridized carbons (Fsp3) is 0.550. The summed E-state index contributed by atoms with van der Waals surface area (Å²) in [7, 11) is 0. The van der Waals surface area contributed by atoms with E-state index < -0.39 is 0 Å². The molecule has 5 nitrogen and oxygen atoms in total. The Labute approximate surface area is 148 Å². The van der Waals surface area contributed by atoms with Crippen LogP contribution in [0.1, 0.15) is 68.1 Å². The first kappa shape index (κ1) is 16.3. The number of nitrogens with zero attached hydrogens (tertiary/aromatic N) is 3. The van der Waals surface area contributed by atoms with Crippen LogP contribution >= 0.6 is 0 Å². The molecule has 2 aromatic rings. The monoisotopic (exact) mass is 339 g/mol. The molecule has 5 heteroatoms. The molecule has 1 amide bonds. The first-order valence-corrected chi connectivity index (χ1v) is 9.30. The Balaban J connectivity index is 1.32. The molecule has 2 aliphatic rings. The lowest BCUT2D eigenvalue weighted by atomic mass is 9.96. The molecular formula is C20H25N3O2. The minimum absolute atomic E-state index is 0.176. The molecule has 0 N–H and O–H groups in total. The van der Waals surface area contributed by atoms with Crippen LogP contribution in [0.3, 0.4) is 0 Å². The maximum Gasteiger partial charge on any atom is 0.229 e. The van der Waals surface area contributed by atoms with E-state index in [0.717, 1.165) is 44.1 Å². The number of carbonyl (C=O) groups excluding carboxylic acids is 1. The maximum absolute atomic E-state index is 12.8. The van der Waals surface area contributed by atoms with Gasteiger partial charge in [-0.15, -0.1) is 0 Å². The van der Waals surface area contributed by atoms with Crippen molar-refractivity contribution in [1.82, 2.24) is 15.0 Å². The van der Waals surface area contributed by atoms with E-state index in [1.165, 1.54) is 5.56 Å². The molecule has 0 spiro atoms. The van der Waals surface area contributed by atoms with Gasteiger partial charge in [0.1, 0.15) is 0 Å². The number of hydrogen-bond donors (Lipinski definition) is 0. The van der Waals surface area contributed by atoms with Crippen LogP contribution in [0.5, 0.6) is 0 Å². The summed E-state index contributed by atoms with van der Waals surface area (Å²) in [6.07, 6.45) is 2.81. The van der Waals surface area contributed by atoms with Crippen LogP contribution in [0.4, 0.5) is 0 Å². The molecule has 25 heavy (non-hydrogen) atoms. The minimum Gasteiger partial charge on any atom is -0.342 e. The summed E-state index contributed by atoms with van der Waals surface area (Å²) in [6.45, 7) is 5.71. The first-order chi connectivity index (χ1) is 12.1. The summed E-state index contributed by atoms with van der Waals surface area (Å²) in [4.78, 5) is 19.3. The number of rotatable bonds is 4. The Morgan fingerprint density at radius 3 is 2.56 bits per heavy atom. The molecule has 2 atom stereocenters. The highest BCUT2D eigenvalue weighted by molar-refractivity contribution is 5.83. The molecule has 2 heterocycles. The zero-order valence-electron chi connectivity index (χ0n) is 14.9. The third kappa shape index (κ3) is 3.32. The summed E-state index contributed by atoms with van der Waals surface area (Å²) in [6, 6.07) is 10.4. The predicted octanol–water partition coefficient (Wildman–Crippen LogP) is 3.70. The molecule has 2 fully saturated rings. The summed E-state index contributed by atoms with van der Waals surface area (Å²) < 4.78 is 5.43. The van der Waals surface area contributed by atoms with Crippen molar-refractivity contribution in [2.75, 3.05) is 13.1 Å². The molecular weight excluding hydrogens is 314 g/mol. The van der Waals surface area contributed by atoms with Crippen LogP contribution in [0.15, 0.2) is 34.9 Å². The number of carbonyl (C=O) groups is 1. The van der Waals surface area contributed by atoms with Gasteiger partial charge in [-0.1, -0.05) is 49.3 Å². The molecule has 1 aromatic carbocycles. The molecule has 1 saturated heterocycles. The van der Waals surface area contributed by atoms with Crippen molar-refractivity contribution in [2.24, 2.45) is 5.92 Å². The van der Waals surface area contributed by atoms with Crippen LogP contribution in [0, 0.1) is 5.92 Å². The van der Waals surface area contributed by atoms with E-state index in [9.17, 15) is 4.79 Å². The van der Waals surface area contributed by atoms with Gasteiger partial charge in [-0.05, 0) is 30.7 Å². The van der Waals surface area contributed by atoms with E-state index in [4.69, 9.17) is 4.52 Å². The van der Waals surface area contributed by atoms with E-state index in [1.807, 2.05) is 11.0 Å². The summed E-state index contributed by atoms with van der Waals surface area (Å²) in [5.41, 5.74) is 1.29. The van der Waals surface area contributed by atoms with Gasteiger partial charge in [-0.2, -0.15) is 4.98 Å². The zero-order valence-corrected chi connectivity index (χ0v) is 14.9. The van der Waals surface area contributed by atoms with Crippen molar-refractivity contribution >= 4 is 5.91 Å². The van der Waals surface area contributed by atoms with Gasteiger partial charge in [-0.3, -0.25) is 4.79 Å². The SMILES string of the molecule is CC(C)c1noc(C2CCN(C(=O)[C@H]3C[C@@H]3c3ccccc3)CC2)n1. The van der Waals surface area contributed by atoms with Gasteiger partial charge < -0.3 is 9.42 Å². The highest BCUT2D eigenvalue weighted by atomic mass is 16.5. The molecule has 132 valence electrons. The molecule has 0 radical (unpaired) electrons. The van der Waals surface area contributed by atoms with Gasteiger partial charge in [0.25, 0.3) is 0 Å². The molecule has 1 aromatic heterocycles. The Hall–Kier alpha value is -2.17. The van der Waals surface area contributed by atoms with E-state index in [0.29, 0.717) is 11.8 Å². The van der Waals surface area contributed by atoms with Crippen molar-refractivity contribution in [3.8, 4) is 0 Å². The van der Waals surface area contributed by atoms with Crippen molar-refractivity contribution in [1.29, 1.82) is 0 Å². The molecule has 0 unspecified atom stereocenters. The average Bonchev–Trinajstić information content (AvgIpc) is 3.29. The quantitative estimate of drug-likeness (QED) is 0.852. The average molecular weight is 339 g/mol. The van der Waals surface area contributed by atoms with E-state index >= 15 is 0 Å². The second-order valence-electron chi connectivity index (χ2n) is 7.60. The second kappa shape index (κ2) is 6.62. The molecule has 1 aliphatic carbocycles. The molecule has 1 aliphatic heterocycles. The maximum atomic E-state index is 12.8. The second-order valence-corrected chi connectivity index (χ2v) is 7.60. The lowest BCUT2D eigenvalue weighted by Crippen LogP contribution is -2.39. The predicted molar refractivity (Wildman–Crippen MR) is 94.2 cm³/mol. The van der Waals surface area contributed by atoms with Crippen molar-refractivity contribution < 1.29 is 9.32 Å². The van der Waals surface area contributed by atoms with Crippen LogP contribution in [-0.2, 0) is 4.79 Å². The third-order valence-corrected chi connectivity index (χ3v) is 5.47. The van der Waals surface area contributed by atoms with Crippen molar-refractivity contribution in [3.63, 3.8) is 0 Å². The molecule has 0 bridgehead atoms. The van der Waals surface area contributed by atoms with Crippen LogP contribution in [-0.4, -0.2) is 34.0 Å². The normalized spacial score (nSPS) is 23.9. The van der Waals surface area contributed by atoms with E-state index in [2.05, 4.69) is 48.3 Å². The topological polar surface area (TPSA) is 59.2 Å². The minimum atomic E-state index is 0.176. The number of likely N-dealkylation sites (tertiary alicyclic amines) is 1. The van der Waals surface area contributed by atoms with Crippen LogP contribution in [0.25, 0.3) is 0 Å². The lowest BCUT2D eigenvalue weighted by Gasteiger charge is -2.30. The summed E-state index contributed by atoms with van der Waals surface area (Å²) in [5.74, 6) is 2.99. The van der Waals surface area contributed by atoms with Crippen LogP contribution < -0.4 is 0 Å². The number of benzene rings is 1. The number of aromatic nitrogens is 2. The van der Waals surface area contributed by atoms with Gasteiger partial charge >= 0.3 is 0 Å². The van der Waals surface area contributed by atoms with Crippen LogP contribution in [0.2, 0.25) is 0 Å². The van der Waals surface area contributed by atoms with Gasteiger partial charge in [0.2, 0.25) is 11.8 Å². The third-order valence-electron chi connectivity index (χ3n) is 5.47. The Morgan fingerprint density at radius 2 is 1.92 bits per heavy atom. The molecule has 1 saturated carbocycles. The Kier molecular flexibility index (Phi) is 4.32.